The van der Waals surface area contributed by atoms with E-state index in [9.17, 15) is 9.59 Å². The summed E-state index contributed by atoms with van der Waals surface area (Å²) in [6.45, 7) is 5.85. The van der Waals surface area contributed by atoms with Crippen molar-refractivity contribution in [2.24, 2.45) is 5.92 Å². The Morgan fingerprint density at radius 3 is 3.07 bits per heavy atom. The highest BCUT2D eigenvalue weighted by Gasteiger charge is 2.34. The first-order chi connectivity index (χ1) is 7.19. The van der Waals surface area contributed by atoms with Gasteiger partial charge in [-0.2, -0.15) is 0 Å². The number of esters is 1. The van der Waals surface area contributed by atoms with Crippen LogP contribution in [0.1, 0.15) is 13.3 Å². The average Bonchev–Trinajstić information content (AvgIpc) is 2.61. The summed E-state index contributed by atoms with van der Waals surface area (Å²) in [6.07, 6.45) is 1.61. The Kier molecular flexibility index (Phi) is 4.15. The SMILES string of the molecule is C=CC[C@@H](C(=O)OCC)[C@H]1COC(=O)N1. The molecular formula is C10H15NO4. The van der Waals surface area contributed by atoms with E-state index in [0.717, 1.165) is 0 Å². The van der Waals surface area contributed by atoms with Crippen molar-refractivity contribution in [3.63, 3.8) is 0 Å². The average molecular weight is 213 g/mol. The van der Waals surface area contributed by atoms with E-state index in [4.69, 9.17) is 9.47 Å². The number of cyclic esters (lactones) is 1. The molecule has 1 heterocycles. The summed E-state index contributed by atoms with van der Waals surface area (Å²) in [4.78, 5) is 22.4. The van der Waals surface area contributed by atoms with Gasteiger partial charge >= 0.3 is 12.1 Å². The largest absolute Gasteiger partial charge is 0.466 e. The lowest BCUT2D eigenvalue weighted by Crippen LogP contribution is -2.39. The van der Waals surface area contributed by atoms with Crippen molar-refractivity contribution < 1.29 is 19.1 Å². The molecule has 1 amide bonds. The summed E-state index contributed by atoms with van der Waals surface area (Å²) in [6, 6.07) is -0.311. The van der Waals surface area contributed by atoms with E-state index in [1.54, 1.807) is 13.0 Å². The van der Waals surface area contributed by atoms with Crippen molar-refractivity contribution in [2.45, 2.75) is 19.4 Å². The quantitative estimate of drug-likeness (QED) is 0.543. The molecule has 1 aliphatic heterocycles. The van der Waals surface area contributed by atoms with Gasteiger partial charge in [-0.1, -0.05) is 6.08 Å². The molecule has 0 aromatic carbocycles. The van der Waals surface area contributed by atoms with Gasteiger partial charge in [0.15, 0.2) is 0 Å². The Balaban J connectivity index is 2.60. The van der Waals surface area contributed by atoms with Gasteiger partial charge in [0.1, 0.15) is 6.61 Å². The van der Waals surface area contributed by atoms with E-state index in [2.05, 4.69) is 11.9 Å². The fourth-order valence-electron chi connectivity index (χ4n) is 1.47. The Labute approximate surface area is 88.4 Å². The van der Waals surface area contributed by atoms with Gasteiger partial charge in [0.2, 0.25) is 0 Å². The van der Waals surface area contributed by atoms with Crippen molar-refractivity contribution in [1.82, 2.24) is 5.32 Å². The van der Waals surface area contributed by atoms with E-state index >= 15 is 0 Å². The van der Waals surface area contributed by atoms with Crippen LogP contribution in [0, 0.1) is 5.92 Å². The van der Waals surface area contributed by atoms with Crippen molar-refractivity contribution in [1.29, 1.82) is 0 Å². The predicted molar refractivity (Wildman–Crippen MR) is 53.2 cm³/mol. The summed E-state index contributed by atoms with van der Waals surface area (Å²) >= 11 is 0. The maximum atomic E-state index is 11.5. The third-order valence-electron chi connectivity index (χ3n) is 2.19. The smallest absolute Gasteiger partial charge is 0.407 e. The number of ether oxygens (including phenoxy) is 2. The molecule has 1 N–H and O–H groups in total. The van der Waals surface area contributed by atoms with Gasteiger partial charge in [0, 0.05) is 0 Å². The Morgan fingerprint density at radius 1 is 1.87 bits per heavy atom. The maximum absolute atomic E-state index is 11.5. The van der Waals surface area contributed by atoms with Crippen molar-refractivity contribution in [3.8, 4) is 0 Å². The molecule has 1 fully saturated rings. The Hall–Kier alpha value is -1.52. The Bertz CT molecular complexity index is 264. The molecule has 0 bridgehead atoms. The number of carbonyl (C=O) groups is 2. The fourth-order valence-corrected chi connectivity index (χ4v) is 1.47. The van der Waals surface area contributed by atoms with Crippen LogP contribution in [0.25, 0.3) is 0 Å². The number of allylic oxidation sites excluding steroid dienone is 1. The molecule has 0 spiro atoms. The van der Waals surface area contributed by atoms with Crippen molar-refractivity contribution >= 4 is 12.1 Å². The highest BCUT2D eigenvalue weighted by molar-refractivity contribution is 5.76. The molecule has 5 heteroatoms. The zero-order chi connectivity index (χ0) is 11.3. The van der Waals surface area contributed by atoms with E-state index in [-0.39, 0.29) is 18.6 Å². The molecular weight excluding hydrogens is 198 g/mol. The molecule has 0 aromatic heterocycles. The highest BCUT2D eigenvalue weighted by Crippen LogP contribution is 2.16. The summed E-state index contributed by atoms with van der Waals surface area (Å²) in [5.74, 6) is -0.734. The molecule has 1 aliphatic rings. The summed E-state index contributed by atoms with van der Waals surface area (Å²) in [7, 11) is 0. The van der Waals surface area contributed by atoms with E-state index < -0.39 is 12.0 Å². The van der Waals surface area contributed by atoms with Gasteiger partial charge in [0.25, 0.3) is 0 Å². The lowest BCUT2D eigenvalue weighted by Gasteiger charge is -2.18. The zero-order valence-electron chi connectivity index (χ0n) is 8.69. The first-order valence-electron chi connectivity index (χ1n) is 4.89. The molecule has 5 nitrogen and oxygen atoms in total. The van der Waals surface area contributed by atoms with Crippen LogP contribution in [0.5, 0.6) is 0 Å². The second kappa shape index (κ2) is 5.38. The van der Waals surface area contributed by atoms with Gasteiger partial charge in [-0.25, -0.2) is 4.79 Å². The summed E-state index contributed by atoms with van der Waals surface area (Å²) in [5, 5.41) is 2.57. The number of alkyl carbamates (subject to hydrolysis) is 1. The van der Waals surface area contributed by atoms with Crippen LogP contribution in [-0.2, 0) is 14.3 Å². The molecule has 2 atom stereocenters. The van der Waals surface area contributed by atoms with Gasteiger partial charge in [0.05, 0.1) is 18.6 Å². The monoisotopic (exact) mass is 213 g/mol. The fraction of sp³-hybridized carbons (Fsp3) is 0.600. The summed E-state index contributed by atoms with van der Waals surface area (Å²) in [5.41, 5.74) is 0. The predicted octanol–water partition coefficient (Wildman–Crippen LogP) is 0.850. The number of carbonyl (C=O) groups excluding carboxylic acids is 2. The zero-order valence-corrected chi connectivity index (χ0v) is 8.69. The topological polar surface area (TPSA) is 64.6 Å². The molecule has 1 rings (SSSR count). The maximum Gasteiger partial charge on any atom is 0.407 e. The van der Waals surface area contributed by atoms with Crippen molar-refractivity contribution in [3.05, 3.63) is 12.7 Å². The number of amides is 1. The number of hydrogen-bond donors (Lipinski definition) is 1. The molecule has 1 saturated heterocycles. The third-order valence-corrected chi connectivity index (χ3v) is 2.19. The second-order valence-corrected chi connectivity index (χ2v) is 3.23. The second-order valence-electron chi connectivity index (χ2n) is 3.23. The summed E-state index contributed by atoms with van der Waals surface area (Å²) < 4.78 is 9.64. The van der Waals surface area contributed by atoms with E-state index in [0.29, 0.717) is 13.0 Å². The minimum Gasteiger partial charge on any atom is -0.466 e. The first kappa shape index (κ1) is 11.6. The molecule has 84 valence electrons. The molecule has 0 saturated carbocycles. The Morgan fingerprint density at radius 2 is 2.60 bits per heavy atom. The van der Waals surface area contributed by atoms with Crippen LogP contribution in [0.2, 0.25) is 0 Å². The minimum atomic E-state index is -0.488. The highest BCUT2D eigenvalue weighted by atomic mass is 16.6. The minimum absolute atomic E-state index is 0.205. The van der Waals surface area contributed by atoms with Crippen LogP contribution >= 0.6 is 0 Å². The lowest BCUT2D eigenvalue weighted by molar-refractivity contribution is -0.148. The molecule has 0 aromatic rings. The van der Waals surface area contributed by atoms with Crippen LogP contribution in [0.4, 0.5) is 4.79 Å². The molecule has 0 aliphatic carbocycles. The van der Waals surface area contributed by atoms with Crippen LogP contribution in [0.15, 0.2) is 12.7 Å². The van der Waals surface area contributed by atoms with Gasteiger partial charge in [-0.3, -0.25) is 4.79 Å². The van der Waals surface area contributed by atoms with Gasteiger partial charge in [-0.05, 0) is 13.3 Å². The number of rotatable bonds is 5. The van der Waals surface area contributed by atoms with Gasteiger partial charge in [-0.15, -0.1) is 6.58 Å². The number of hydrogen-bond acceptors (Lipinski definition) is 4. The van der Waals surface area contributed by atoms with E-state index in [1.807, 2.05) is 0 Å². The van der Waals surface area contributed by atoms with Crippen LogP contribution < -0.4 is 5.32 Å². The standard InChI is InChI=1S/C10H15NO4/c1-3-5-7(9(12)14-4-2)8-6-15-10(13)11-8/h3,7-8H,1,4-6H2,2H3,(H,11,13)/t7-,8-/m1/s1. The molecule has 15 heavy (non-hydrogen) atoms. The third kappa shape index (κ3) is 2.97. The molecule has 0 unspecified atom stereocenters. The van der Waals surface area contributed by atoms with Crippen molar-refractivity contribution in [2.75, 3.05) is 13.2 Å². The normalized spacial score (nSPS) is 21.4. The number of nitrogens with one attached hydrogen (secondary N) is 1. The van der Waals surface area contributed by atoms with Gasteiger partial charge < -0.3 is 14.8 Å². The lowest BCUT2D eigenvalue weighted by atomic mass is 9.97. The van der Waals surface area contributed by atoms with E-state index in [1.165, 1.54) is 0 Å². The first-order valence-corrected chi connectivity index (χ1v) is 4.89. The van der Waals surface area contributed by atoms with Crippen LogP contribution in [-0.4, -0.2) is 31.3 Å². The van der Waals surface area contributed by atoms with Crippen LogP contribution in [0.3, 0.4) is 0 Å². The molecule has 0 radical (unpaired) electrons.